The summed E-state index contributed by atoms with van der Waals surface area (Å²) >= 11 is 0. The molecule has 0 aromatic rings. The maximum atomic E-state index is 12.5. The second-order valence-electron chi connectivity index (χ2n) is 23.9. The zero-order valence-corrected chi connectivity index (χ0v) is 52.0. The van der Waals surface area contributed by atoms with Crippen LogP contribution in [0.15, 0.2) is 36.5 Å². The lowest BCUT2D eigenvalue weighted by Gasteiger charge is -2.22. The van der Waals surface area contributed by atoms with E-state index in [0.29, 0.717) is 25.9 Å². The van der Waals surface area contributed by atoms with Crippen LogP contribution in [-0.4, -0.2) is 47.4 Å². The molecule has 0 saturated heterocycles. The molecule has 77 heavy (non-hydrogen) atoms. The highest BCUT2D eigenvalue weighted by atomic mass is 16.5. The van der Waals surface area contributed by atoms with E-state index in [-0.39, 0.29) is 18.5 Å². The third kappa shape index (κ3) is 63.1. The van der Waals surface area contributed by atoms with E-state index >= 15 is 0 Å². The van der Waals surface area contributed by atoms with Gasteiger partial charge in [-0.25, -0.2) is 0 Å². The zero-order valence-electron chi connectivity index (χ0n) is 52.0. The summed E-state index contributed by atoms with van der Waals surface area (Å²) < 4.78 is 5.48. The molecule has 0 aliphatic rings. The number of aliphatic hydroxyl groups excluding tert-OH is 2. The largest absolute Gasteiger partial charge is 0.466 e. The minimum absolute atomic E-state index is 0.0000876. The molecule has 6 heteroatoms. The van der Waals surface area contributed by atoms with Crippen molar-refractivity contribution < 1.29 is 24.5 Å². The number of nitrogens with one attached hydrogen (secondary N) is 1. The molecule has 0 aromatic heterocycles. The average Bonchev–Trinajstić information content (AvgIpc) is 3.43. The molecule has 2 unspecified atom stereocenters. The maximum Gasteiger partial charge on any atom is 0.305 e. The van der Waals surface area contributed by atoms with Gasteiger partial charge in [0.25, 0.3) is 0 Å². The van der Waals surface area contributed by atoms with Crippen LogP contribution in [-0.2, 0) is 14.3 Å². The Balaban J connectivity index is 3.40. The molecule has 0 aliphatic heterocycles. The summed E-state index contributed by atoms with van der Waals surface area (Å²) in [5, 5.41) is 23.4. The van der Waals surface area contributed by atoms with Crippen molar-refractivity contribution in [3.8, 4) is 0 Å². The molecule has 3 N–H and O–H groups in total. The van der Waals surface area contributed by atoms with Crippen LogP contribution in [0.25, 0.3) is 0 Å². The number of allylic oxidation sites excluding steroid dienone is 6. The molecule has 6 nitrogen and oxygen atoms in total. The summed E-state index contributed by atoms with van der Waals surface area (Å²) in [5.41, 5.74) is 0. The summed E-state index contributed by atoms with van der Waals surface area (Å²) in [6, 6.07) is -0.545. The number of unbranched alkanes of at least 4 members (excludes halogenated alkanes) is 48. The monoisotopic (exact) mass is 1080 g/mol. The lowest BCUT2D eigenvalue weighted by atomic mass is 10.0. The first-order valence-electron chi connectivity index (χ1n) is 34.7. The molecule has 1 amide bonds. The van der Waals surface area contributed by atoms with Crippen LogP contribution in [0.1, 0.15) is 380 Å². The number of carbonyl (C=O) groups excluding carboxylic acids is 2. The van der Waals surface area contributed by atoms with Gasteiger partial charge in [0.15, 0.2) is 0 Å². The fourth-order valence-electron chi connectivity index (χ4n) is 10.8. The minimum Gasteiger partial charge on any atom is -0.466 e. The summed E-state index contributed by atoms with van der Waals surface area (Å²) in [4.78, 5) is 24.6. The highest BCUT2D eigenvalue weighted by Crippen LogP contribution is 2.18. The van der Waals surface area contributed by atoms with Gasteiger partial charge in [-0.1, -0.05) is 320 Å². The summed E-state index contributed by atoms with van der Waals surface area (Å²) in [6.45, 7) is 4.95. The van der Waals surface area contributed by atoms with Gasteiger partial charge in [0.1, 0.15) is 0 Å². The van der Waals surface area contributed by atoms with Gasteiger partial charge >= 0.3 is 5.97 Å². The van der Waals surface area contributed by atoms with Gasteiger partial charge in [-0.3, -0.25) is 9.59 Å². The fraction of sp³-hybridized carbons (Fsp3) is 0.887. The third-order valence-electron chi connectivity index (χ3n) is 16.2. The Morgan fingerprint density at radius 1 is 0.364 bits per heavy atom. The van der Waals surface area contributed by atoms with E-state index in [1.165, 1.54) is 295 Å². The van der Waals surface area contributed by atoms with Crippen LogP contribution in [0.2, 0.25) is 0 Å². The number of amides is 1. The maximum absolute atomic E-state index is 12.5. The molecule has 0 bridgehead atoms. The van der Waals surface area contributed by atoms with Crippen LogP contribution >= 0.6 is 0 Å². The molecule has 0 radical (unpaired) electrons. The van der Waals surface area contributed by atoms with Gasteiger partial charge in [-0.05, 0) is 83.5 Å². The van der Waals surface area contributed by atoms with Crippen molar-refractivity contribution in [2.24, 2.45) is 0 Å². The lowest BCUT2D eigenvalue weighted by molar-refractivity contribution is -0.143. The number of ether oxygens (including phenoxy) is 1. The first-order valence-corrected chi connectivity index (χ1v) is 34.7. The molecular formula is C71H135NO5. The second kappa shape index (κ2) is 66.6. The molecule has 0 spiro atoms. The van der Waals surface area contributed by atoms with E-state index in [0.717, 1.165) is 51.4 Å². The van der Waals surface area contributed by atoms with Gasteiger partial charge in [-0.15, -0.1) is 0 Å². The molecule has 0 aromatic carbocycles. The number of esters is 1. The van der Waals surface area contributed by atoms with Gasteiger partial charge in [-0.2, -0.15) is 0 Å². The third-order valence-corrected chi connectivity index (χ3v) is 16.2. The van der Waals surface area contributed by atoms with E-state index in [4.69, 9.17) is 4.74 Å². The summed E-state index contributed by atoms with van der Waals surface area (Å²) in [5.74, 6) is -0.0347. The van der Waals surface area contributed by atoms with Gasteiger partial charge in [0, 0.05) is 12.8 Å². The smallest absolute Gasteiger partial charge is 0.305 e. The van der Waals surface area contributed by atoms with Crippen molar-refractivity contribution in [2.45, 2.75) is 392 Å². The van der Waals surface area contributed by atoms with E-state index in [1.807, 2.05) is 0 Å². The minimum atomic E-state index is -0.668. The Labute approximate surface area is 481 Å². The van der Waals surface area contributed by atoms with Crippen LogP contribution in [0.5, 0.6) is 0 Å². The average molecular weight is 1080 g/mol. The van der Waals surface area contributed by atoms with Gasteiger partial charge < -0.3 is 20.3 Å². The SMILES string of the molecule is CCCCC/C=C\C/C=C\CCCCCCCC(=O)OCCCCCCCCCCCCCC/C=C\CCCCCCCCCCCC(=O)NC(CO)C(O)CCCCCCCCCCCCCCCCCCCCCC. The Morgan fingerprint density at radius 3 is 1.03 bits per heavy atom. The highest BCUT2D eigenvalue weighted by molar-refractivity contribution is 5.76. The molecule has 0 aliphatic carbocycles. The van der Waals surface area contributed by atoms with E-state index in [9.17, 15) is 19.8 Å². The summed E-state index contributed by atoms with van der Waals surface area (Å²) in [7, 11) is 0. The lowest BCUT2D eigenvalue weighted by Crippen LogP contribution is -2.45. The van der Waals surface area contributed by atoms with Crippen LogP contribution in [0, 0.1) is 0 Å². The molecule has 454 valence electrons. The van der Waals surface area contributed by atoms with Crippen molar-refractivity contribution in [2.75, 3.05) is 13.2 Å². The molecule has 0 saturated carbocycles. The number of aliphatic hydroxyl groups is 2. The molecular weight excluding hydrogens is 947 g/mol. The Kier molecular flexibility index (Phi) is 64.9. The zero-order chi connectivity index (χ0) is 55.7. The van der Waals surface area contributed by atoms with Crippen LogP contribution in [0.3, 0.4) is 0 Å². The van der Waals surface area contributed by atoms with Crippen LogP contribution in [0.4, 0.5) is 0 Å². The van der Waals surface area contributed by atoms with Crippen molar-refractivity contribution in [3.63, 3.8) is 0 Å². The van der Waals surface area contributed by atoms with E-state index in [1.54, 1.807) is 0 Å². The fourth-order valence-corrected chi connectivity index (χ4v) is 10.8. The quantitative estimate of drug-likeness (QED) is 0.0320. The van der Waals surface area contributed by atoms with Crippen molar-refractivity contribution >= 4 is 11.9 Å². The number of rotatable bonds is 65. The predicted octanol–water partition coefficient (Wildman–Crippen LogP) is 22.3. The molecule has 0 fully saturated rings. The van der Waals surface area contributed by atoms with E-state index in [2.05, 4.69) is 55.6 Å². The standard InChI is InChI=1S/C71H135NO5/c1-3-5-7-9-11-13-15-17-19-20-21-29-32-36-39-43-47-51-55-59-63-69(74)68(67-73)72-70(75)64-60-56-52-48-44-40-37-33-30-27-25-23-22-24-26-28-31-34-38-42-46-50-54-58-62-66-77-71(76)65-61-57-53-49-45-41-35-18-16-14-12-10-8-6-4-2/h12,14,18,23,25,35,68-69,73-74H,3-11,13,15-17,19-22,24,26-34,36-67H2,1-2H3,(H,72,75)/b14-12-,25-23-,35-18-. The Bertz CT molecular complexity index is 1250. The Hall–Kier alpha value is -1.92. The van der Waals surface area contributed by atoms with Gasteiger partial charge in [0.05, 0.1) is 25.4 Å². The van der Waals surface area contributed by atoms with Crippen molar-refractivity contribution in [1.29, 1.82) is 0 Å². The van der Waals surface area contributed by atoms with Crippen molar-refractivity contribution in [3.05, 3.63) is 36.5 Å². The molecule has 0 rings (SSSR count). The first-order chi connectivity index (χ1) is 38.0. The second-order valence-corrected chi connectivity index (χ2v) is 23.9. The normalized spacial score (nSPS) is 12.7. The predicted molar refractivity (Wildman–Crippen MR) is 338 cm³/mol. The summed E-state index contributed by atoms with van der Waals surface area (Å²) in [6.07, 6.45) is 84.6. The molecule has 2 atom stereocenters. The number of hydrogen-bond donors (Lipinski definition) is 3. The molecule has 0 heterocycles. The first kappa shape index (κ1) is 75.1. The Morgan fingerprint density at radius 2 is 0.649 bits per heavy atom. The van der Waals surface area contributed by atoms with Gasteiger partial charge in [0.2, 0.25) is 5.91 Å². The van der Waals surface area contributed by atoms with Crippen molar-refractivity contribution in [1.82, 2.24) is 5.32 Å². The van der Waals surface area contributed by atoms with Crippen LogP contribution < -0.4 is 5.32 Å². The topological polar surface area (TPSA) is 95.9 Å². The number of hydrogen-bond acceptors (Lipinski definition) is 5. The van der Waals surface area contributed by atoms with E-state index < -0.39 is 12.1 Å². The highest BCUT2D eigenvalue weighted by Gasteiger charge is 2.20. The number of carbonyl (C=O) groups is 2.